The molecular formula is C17H16FNO2. The zero-order chi connectivity index (χ0) is 15.2. The number of hydrogen-bond donors (Lipinski definition) is 1. The Labute approximate surface area is 123 Å². The lowest BCUT2D eigenvalue weighted by Gasteiger charge is -2.25. The summed E-state index contributed by atoms with van der Waals surface area (Å²) in [4.78, 5) is 12.6. The van der Waals surface area contributed by atoms with Crippen molar-refractivity contribution in [2.75, 3.05) is 11.4 Å². The van der Waals surface area contributed by atoms with Crippen LogP contribution >= 0.6 is 0 Å². The molecule has 108 valence electrons. The molecule has 0 saturated heterocycles. The summed E-state index contributed by atoms with van der Waals surface area (Å²) in [6.45, 7) is 2.60. The lowest BCUT2D eigenvalue weighted by Crippen LogP contribution is -2.17. The first-order valence-electron chi connectivity index (χ1n) is 6.65. The highest BCUT2D eigenvalue weighted by Crippen LogP contribution is 2.29. The summed E-state index contributed by atoms with van der Waals surface area (Å²) in [6.07, 6.45) is 2.64. The number of carboxylic acids is 1. The van der Waals surface area contributed by atoms with Gasteiger partial charge in [0.15, 0.2) is 0 Å². The number of nitrogens with zero attached hydrogens (tertiary/aromatic N) is 1. The lowest BCUT2D eigenvalue weighted by molar-refractivity contribution is -0.131. The van der Waals surface area contributed by atoms with Gasteiger partial charge in [-0.05, 0) is 42.8 Å². The number of benzene rings is 2. The molecular weight excluding hydrogens is 269 g/mol. The zero-order valence-electron chi connectivity index (χ0n) is 11.7. The Morgan fingerprint density at radius 2 is 2.00 bits per heavy atom. The highest BCUT2D eigenvalue weighted by Gasteiger charge is 2.10. The monoisotopic (exact) mass is 285 g/mol. The quantitative estimate of drug-likeness (QED) is 0.841. The number of aliphatic carboxylic acids is 1. The second kappa shape index (κ2) is 6.70. The van der Waals surface area contributed by atoms with Crippen LogP contribution in [0, 0.1) is 5.82 Å². The van der Waals surface area contributed by atoms with Crippen molar-refractivity contribution in [1.82, 2.24) is 0 Å². The molecule has 0 spiro atoms. The van der Waals surface area contributed by atoms with E-state index in [0.29, 0.717) is 6.54 Å². The fourth-order valence-electron chi connectivity index (χ4n) is 2.17. The van der Waals surface area contributed by atoms with Crippen LogP contribution in [0.2, 0.25) is 0 Å². The number of anilines is 2. The molecule has 0 fully saturated rings. The van der Waals surface area contributed by atoms with Gasteiger partial charge in [0.2, 0.25) is 0 Å². The molecule has 3 nitrogen and oxygen atoms in total. The van der Waals surface area contributed by atoms with Crippen molar-refractivity contribution in [2.24, 2.45) is 0 Å². The van der Waals surface area contributed by atoms with Gasteiger partial charge in [-0.25, -0.2) is 9.18 Å². The normalized spacial score (nSPS) is 10.8. The van der Waals surface area contributed by atoms with Crippen molar-refractivity contribution in [3.63, 3.8) is 0 Å². The summed E-state index contributed by atoms with van der Waals surface area (Å²) in [5, 5.41) is 8.76. The van der Waals surface area contributed by atoms with Crippen LogP contribution in [-0.4, -0.2) is 17.6 Å². The number of rotatable bonds is 5. The van der Waals surface area contributed by atoms with Gasteiger partial charge in [0, 0.05) is 24.0 Å². The molecule has 2 aromatic carbocycles. The fraction of sp³-hybridized carbons (Fsp3) is 0.118. The maximum absolute atomic E-state index is 13.4. The van der Waals surface area contributed by atoms with Crippen LogP contribution in [0.1, 0.15) is 12.5 Å². The second-order valence-corrected chi connectivity index (χ2v) is 4.45. The van der Waals surface area contributed by atoms with Crippen LogP contribution < -0.4 is 4.90 Å². The molecule has 0 radical (unpaired) electrons. The molecule has 0 aromatic heterocycles. The number of hydrogen-bond acceptors (Lipinski definition) is 2. The fourth-order valence-corrected chi connectivity index (χ4v) is 2.17. The van der Waals surface area contributed by atoms with Crippen LogP contribution in [0.5, 0.6) is 0 Å². The molecule has 0 unspecified atom stereocenters. The molecule has 0 aliphatic rings. The Kier molecular flexibility index (Phi) is 4.72. The first-order chi connectivity index (χ1) is 10.1. The third-order valence-electron chi connectivity index (χ3n) is 3.07. The number of carbonyl (C=O) groups is 1. The summed E-state index contributed by atoms with van der Waals surface area (Å²) in [5.74, 6) is -1.30. The van der Waals surface area contributed by atoms with E-state index in [-0.39, 0.29) is 5.82 Å². The van der Waals surface area contributed by atoms with E-state index >= 15 is 0 Å². The Bertz CT molecular complexity index is 667. The van der Waals surface area contributed by atoms with E-state index < -0.39 is 5.97 Å². The van der Waals surface area contributed by atoms with Crippen LogP contribution in [0.4, 0.5) is 15.8 Å². The summed E-state index contributed by atoms with van der Waals surface area (Å²) < 4.78 is 13.4. The summed E-state index contributed by atoms with van der Waals surface area (Å²) in [6, 6.07) is 13.8. The minimum absolute atomic E-state index is 0.301. The van der Waals surface area contributed by atoms with Crippen molar-refractivity contribution in [3.8, 4) is 0 Å². The summed E-state index contributed by atoms with van der Waals surface area (Å²) in [7, 11) is 0. The van der Waals surface area contributed by atoms with Gasteiger partial charge in [-0.1, -0.05) is 24.3 Å². The molecule has 0 amide bonds. The number of halogens is 1. The molecule has 0 heterocycles. The van der Waals surface area contributed by atoms with Gasteiger partial charge in [0.1, 0.15) is 5.82 Å². The topological polar surface area (TPSA) is 40.5 Å². The highest BCUT2D eigenvalue weighted by atomic mass is 19.1. The third kappa shape index (κ3) is 3.69. The van der Waals surface area contributed by atoms with Gasteiger partial charge in [-0.3, -0.25) is 0 Å². The van der Waals surface area contributed by atoms with Crippen molar-refractivity contribution in [1.29, 1.82) is 0 Å². The van der Waals surface area contributed by atoms with E-state index in [9.17, 15) is 9.18 Å². The Hall–Kier alpha value is -2.62. The Morgan fingerprint density at radius 1 is 1.24 bits per heavy atom. The standard InChI is InChI=1S/C17H16FNO2/c1-2-19(15-8-5-7-14(18)12-15)16-9-4-3-6-13(16)10-11-17(20)21/h3-12H,2H2,1H3,(H,20,21). The maximum Gasteiger partial charge on any atom is 0.328 e. The summed E-state index contributed by atoms with van der Waals surface area (Å²) in [5.41, 5.74) is 2.34. The molecule has 0 atom stereocenters. The first-order valence-corrected chi connectivity index (χ1v) is 6.65. The minimum Gasteiger partial charge on any atom is -0.478 e. The smallest absolute Gasteiger partial charge is 0.328 e. The van der Waals surface area contributed by atoms with Crippen LogP contribution in [0.25, 0.3) is 6.08 Å². The average molecular weight is 285 g/mol. The molecule has 2 aromatic rings. The van der Waals surface area contributed by atoms with Crippen molar-refractivity contribution >= 4 is 23.4 Å². The van der Waals surface area contributed by atoms with E-state index in [1.807, 2.05) is 42.2 Å². The first kappa shape index (κ1) is 14.8. The minimum atomic E-state index is -1.00. The molecule has 1 N–H and O–H groups in total. The summed E-state index contributed by atoms with van der Waals surface area (Å²) >= 11 is 0. The maximum atomic E-state index is 13.4. The van der Waals surface area contributed by atoms with Gasteiger partial charge in [0.25, 0.3) is 0 Å². The van der Waals surface area contributed by atoms with Gasteiger partial charge in [-0.2, -0.15) is 0 Å². The van der Waals surface area contributed by atoms with E-state index in [1.54, 1.807) is 12.1 Å². The van der Waals surface area contributed by atoms with E-state index in [4.69, 9.17) is 5.11 Å². The Morgan fingerprint density at radius 3 is 2.67 bits per heavy atom. The average Bonchev–Trinajstić information content (AvgIpc) is 2.47. The lowest BCUT2D eigenvalue weighted by atomic mass is 10.1. The number of para-hydroxylation sites is 1. The molecule has 2 rings (SSSR count). The van der Waals surface area contributed by atoms with E-state index in [0.717, 1.165) is 23.0 Å². The Balaban J connectivity index is 2.45. The van der Waals surface area contributed by atoms with Crippen molar-refractivity contribution in [3.05, 3.63) is 66.0 Å². The van der Waals surface area contributed by atoms with Crippen LogP contribution in [0.15, 0.2) is 54.6 Å². The molecule has 0 bridgehead atoms. The highest BCUT2D eigenvalue weighted by molar-refractivity contribution is 5.87. The second-order valence-electron chi connectivity index (χ2n) is 4.45. The number of carboxylic acid groups (broad SMARTS) is 1. The van der Waals surface area contributed by atoms with Gasteiger partial charge >= 0.3 is 5.97 Å². The SMILES string of the molecule is CCN(c1cccc(F)c1)c1ccccc1C=CC(=O)O. The molecule has 0 aliphatic carbocycles. The predicted molar refractivity (Wildman–Crippen MR) is 82.2 cm³/mol. The largest absolute Gasteiger partial charge is 0.478 e. The van der Waals surface area contributed by atoms with Gasteiger partial charge in [-0.15, -0.1) is 0 Å². The van der Waals surface area contributed by atoms with Gasteiger partial charge < -0.3 is 10.0 Å². The zero-order valence-corrected chi connectivity index (χ0v) is 11.7. The van der Waals surface area contributed by atoms with Gasteiger partial charge in [0.05, 0.1) is 0 Å². The molecule has 21 heavy (non-hydrogen) atoms. The van der Waals surface area contributed by atoms with Crippen molar-refractivity contribution < 1.29 is 14.3 Å². The molecule has 4 heteroatoms. The van der Waals surface area contributed by atoms with Crippen molar-refractivity contribution in [2.45, 2.75) is 6.92 Å². The van der Waals surface area contributed by atoms with E-state index in [2.05, 4.69) is 0 Å². The molecule has 0 saturated carbocycles. The third-order valence-corrected chi connectivity index (χ3v) is 3.07. The van der Waals surface area contributed by atoms with E-state index in [1.165, 1.54) is 12.1 Å². The molecule has 0 aliphatic heterocycles. The predicted octanol–water partition coefficient (Wildman–Crippen LogP) is 4.08. The van der Waals surface area contributed by atoms with Crippen LogP contribution in [-0.2, 0) is 4.79 Å². The van der Waals surface area contributed by atoms with Crippen LogP contribution in [0.3, 0.4) is 0 Å².